The molecule has 0 amide bonds. The molecule has 0 aliphatic heterocycles. The number of aromatic amines is 1. The van der Waals surface area contributed by atoms with Crippen LogP contribution in [0, 0.1) is 0 Å². The lowest BCUT2D eigenvalue weighted by atomic mass is 10.3. The summed E-state index contributed by atoms with van der Waals surface area (Å²) in [6.07, 6.45) is 0.744. The largest absolute Gasteiger partial charge is 0.491 e. The van der Waals surface area contributed by atoms with E-state index >= 15 is 0 Å². The molecule has 4 nitrogen and oxygen atoms in total. The fourth-order valence-corrected chi connectivity index (χ4v) is 2.49. The molecule has 0 aliphatic carbocycles. The highest BCUT2D eigenvalue weighted by Gasteiger charge is 2.02. The van der Waals surface area contributed by atoms with Gasteiger partial charge in [0.15, 0.2) is 5.16 Å². The Morgan fingerprint density at radius 2 is 2.20 bits per heavy atom. The second kappa shape index (κ2) is 7.36. The Morgan fingerprint density at radius 1 is 1.40 bits per heavy atom. The van der Waals surface area contributed by atoms with Crippen molar-refractivity contribution in [3.63, 3.8) is 0 Å². The van der Waals surface area contributed by atoms with Crippen molar-refractivity contribution in [3.05, 3.63) is 51.4 Å². The first-order valence-electron chi connectivity index (χ1n) is 6.29. The molecular weight excluding hydrogens is 296 g/mol. The number of hydrogen-bond donors (Lipinski definition) is 1. The number of nitrogens with zero attached hydrogens (tertiary/aromatic N) is 1. The van der Waals surface area contributed by atoms with Gasteiger partial charge in [0.2, 0.25) is 0 Å². The van der Waals surface area contributed by atoms with E-state index in [9.17, 15) is 4.79 Å². The van der Waals surface area contributed by atoms with Gasteiger partial charge in [-0.1, -0.05) is 42.4 Å². The Bertz CT molecular complexity index is 631. The van der Waals surface area contributed by atoms with Crippen molar-refractivity contribution in [2.24, 2.45) is 0 Å². The molecule has 0 unspecified atom stereocenters. The first kappa shape index (κ1) is 14.9. The summed E-state index contributed by atoms with van der Waals surface area (Å²) in [7, 11) is 0. The molecule has 6 heteroatoms. The molecule has 1 N–H and O–H groups in total. The van der Waals surface area contributed by atoms with Crippen molar-refractivity contribution in [3.8, 4) is 5.75 Å². The monoisotopic (exact) mass is 310 g/mol. The molecule has 20 heavy (non-hydrogen) atoms. The number of aryl methyl sites for hydroxylation is 1. The maximum absolute atomic E-state index is 11.4. The zero-order chi connectivity index (χ0) is 14.4. The van der Waals surface area contributed by atoms with Crippen LogP contribution in [0.25, 0.3) is 0 Å². The topological polar surface area (TPSA) is 55.0 Å². The Labute approximate surface area is 126 Å². The number of thioether (sulfide) groups is 1. The minimum absolute atomic E-state index is 0.119. The minimum Gasteiger partial charge on any atom is -0.491 e. The van der Waals surface area contributed by atoms with Crippen LogP contribution in [0.15, 0.2) is 40.3 Å². The summed E-state index contributed by atoms with van der Waals surface area (Å²) in [5, 5.41) is 1.22. The van der Waals surface area contributed by atoms with E-state index in [0.717, 1.165) is 12.1 Å². The Morgan fingerprint density at radius 3 is 2.95 bits per heavy atom. The van der Waals surface area contributed by atoms with E-state index in [2.05, 4.69) is 9.97 Å². The molecule has 0 fully saturated rings. The van der Waals surface area contributed by atoms with Crippen molar-refractivity contribution < 1.29 is 4.74 Å². The maximum Gasteiger partial charge on any atom is 0.251 e. The van der Waals surface area contributed by atoms with Gasteiger partial charge in [0, 0.05) is 17.5 Å². The number of aromatic nitrogens is 2. The van der Waals surface area contributed by atoms with Crippen molar-refractivity contribution in [2.45, 2.75) is 18.5 Å². The summed E-state index contributed by atoms with van der Waals surface area (Å²) in [6.45, 7) is 2.46. The van der Waals surface area contributed by atoms with Crippen molar-refractivity contribution >= 4 is 23.4 Å². The van der Waals surface area contributed by atoms with Crippen molar-refractivity contribution in [2.75, 3.05) is 12.4 Å². The van der Waals surface area contributed by atoms with Gasteiger partial charge in [0.05, 0.1) is 11.6 Å². The lowest BCUT2D eigenvalue weighted by molar-refractivity contribution is 0.344. The average Bonchev–Trinajstić information content (AvgIpc) is 2.44. The Balaban J connectivity index is 1.86. The Kier molecular flexibility index (Phi) is 5.49. The summed E-state index contributed by atoms with van der Waals surface area (Å²) in [6, 6.07) is 8.86. The molecule has 2 aromatic rings. The van der Waals surface area contributed by atoms with E-state index in [1.54, 1.807) is 6.07 Å². The van der Waals surface area contributed by atoms with Gasteiger partial charge in [-0.3, -0.25) is 4.79 Å². The predicted molar refractivity (Wildman–Crippen MR) is 81.9 cm³/mol. The van der Waals surface area contributed by atoms with Crippen molar-refractivity contribution in [1.82, 2.24) is 9.97 Å². The van der Waals surface area contributed by atoms with Gasteiger partial charge in [-0.05, 0) is 18.6 Å². The highest BCUT2D eigenvalue weighted by Crippen LogP contribution is 2.23. The molecule has 0 spiro atoms. The summed E-state index contributed by atoms with van der Waals surface area (Å²) in [5.41, 5.74) is 0.676. The van der Waals surface area contributed by atoms with E-state index < -0.39 is 0 Å². The van der Waals surface area contributed by atoms with Crippen LogP contribution in [0.3, 0.4) is 0 Å². The van der Waals surface area contributed by atoms with E-state index in [0.29, 0.717) is 28.3 Å². The van der Waals surface area contributed by atoms with Crippen LogP contribution in [0.5, 0.6) is 5.75 Å². The smallest absolute Gasteiger partial charge is 0.251 e. The third-order valence-corrected chi connectivity index (χ3v) is 3.70. The van der Waals surface area contributed by atoms with Crippen LogP contribution in [0.1, 0.15) is 12.6 Å². The number of H-pyrrole nitrogens is 1. The number of rotatable bonds is 6. The van der Waals surface area contributed by atoms with E-state index in [1.807, 2.05) is 25.1 Å². The van der Waals surface area contributed by atoms with Gasteiger partial charge < -0.3 is 9.72 Å². The van der Waals surface area contributed by atoms with Crippen LogP contribution in [-0.4, -0.2) is 22.3 Å². The van der Waals surface area contributed by atoms with Crippen molar-refractivity contribution in [1.29, 1.82) is 0 Å². The maximum atomic E-state index is 11.4. The van der Waals surface area contributed by atoms with Gasteiger partial charge >= 0.3 is 0 Å². The highest BCUT2D eigenvalue weighted by molar-refractivity contribution is 7.99. The number of ether oxygens (including phenoxy) is 1. The van der Waals surface area contributed by atoms with Crippen LogP contribution in [0.2, 0.25) is 5.02 Å². The normalized spacial score (nSPS) is 10.5. The first-order chi connectivity index (χ1) is 9.69. The molecule has 0 bridgehead atoms. The standard InChI is InChI=1S/C14H15ClN2O2S/c1-2-10-9-13(18)17-14(16-10)20-8-7-19-12-6-4-3-5-11(12)15/h3-6,9H,2,7-8H2,1H3,(H,16,17,18). The molecular formula is C14H15ClN2O2S. The third-order valence-electron chi connectivity index (χ3n) is 2.55. The van der Waals surface area contributed by atoms with Crippen LogP contribution >= 0.6 is 23.4 Å². The summed E-state index contributed by atoms with van der Waals surface area (Å²) in [5.74, 6) is 1.35. The lowest BCUT2D eigenvalue weighted by Crippen LogP contribution is -2.10. The summed E-state index contributed by atoms with van der Waals surface area (Å²) < 4.78 is 5.57. The number of halogens is 1. The van der Waals surface area contributed by atoms with E-state index in [4.69, 9.17) is 16.3 Å². The predicted octanol–water partition coefficient (Wildman–Crippen LogP) is 3.16. The van der Waals surface area contributed by atoms with Crippen LogP contribution in [0.4, 0.5) is 0 Å². The molecule has 0 saturated heterocycles. The quantitative estimate of drug-likeness (QED) is 0.506. The van der Waals surface area contributed by atoms with E-state index in [1.165, 1.54) is 17.8 Å². The molecule has 1 aromatic heterocycles. The number of para-hydroxylation sites is 1. The molecule has 1 heterocycles. The fraction of sp³-hybridized carbons (Fsp3) is 0.286. The Hall–Kier alpha value is -1.46. The van der Waals surface area contributed by atoms with Gasteiger partial charge in [-0.2, -0.15) is 0 Å². The molecule has 0 atom stereocenters. The zero-order valence-electron chi connectivity index (χ0n) is 11.1. The molecule has 1 aromatic carbocycles. The van der Waals surface area contributed by atoms with E-state index in [-0.39, 0.29) is 5.56 Å². The number of benzene rings is 1. The van der Waals surface area contributed by atoms with Gasteiger partial charge in [0.1, 0.15) is 5.75 Å². The van der Waals surface area contributed by atoms with Gasteiger partial charge in [0.25, 0.3) is 5.56 Å². The molecule has 2 rings (SSSR count). The molecule has 0 radical (unpaired) electrons. The summed E-state index contributed by atoms with van der Waals surface area (Å²) >= 11 is 7.44. The zero-order valence-corrected chi connectivity index (χ0v) is 12.6. The first-order valence-corrected chi connectivity index (χ1v) is 7.65. The molecule has 0 saturated carbocycles. The second-order valence-electron chi connectivity index (χ2n) is 4.02. The molecule has 0 aliphatic rings. The molecule has 106 valence electrons. The average molecular weight is 311 g/mol. The second-order valence-corrected chi connectivity index (χ2v) is 5.51. The SMILES string of the molecule is CCc1cc(=O)[nH]c(SCCOc2ccccc2Cl)n1. The minimum atomic E-state index is -0.119. The summed E-state index contributed by atoms with van der Waals surface area (Å²) in [4.78, 5) is 18.5. The third kappa shape index (κ3) is 4.28. The number of nitrogens with one attached hydrogen (secondary N) is 1. The van der Waals surface area contributed by atoms with Gasteiger partial charge in [-0.25, -0.2) is 4.98 Å². The lowest BCUT2D eigenvalue weighted by Gasteiger charge is -2.07. The van der Waals surface area contributed by atoms with Crippen LogP contribution < -0.4 is 10.3 Å². The highest BCUT2D eigenvalue weighted by atomic mass is 35.5. The van der Waals surface area contributed by atoms with Crippen LogP contribution in [-0.2, 0) is 6.42 Å². The van der Waals surface area contributed by atoms with Gasteiger partial charge in [-0.15, -0.1) is 0 Å². The number of hydrogen-bond acceptors (Lipinski definition) is 4. The fourth-order valence-electron chi connectivity index (χ4n) is 1.58.